The van der Waals surface area contributed by atoms with Crippen LogP contribution in [0.2, 0.25) is 0 Å². The molecule has 0 unspecified atom stereocenters. The predicted molar refractivity (Wildman–Crippen MR) is 126 cm³/mol. The summed E-state index contributed by atoms with van der Waals surface area (Å²) in [6.45, 7) is 1.37. The minimum Gasteiger partial charge on any atom is -0.481 e. The lowest BCUT2D eigenvalue weighted by atomic mass is 9.78. The van der Waals surface area contributed by atoms with Crippen molar-refractivity contribution in [1.82, 2.24) is 15.3 Å². The van der Waals surface area contributed by atoms with E-state index in [4.69, 9.17) is 14.5 Å². The average Bonchev–Trinajstić information content (AvgIpc) is 2.87. The second-order valence-corrected chi connectivity index (χ2v) is 9.20. The number of allylic oxidation sites excluding steroid dienone is 3. The maximum Gasteiger partial charge on any atom is 0.213 e. The third-order valence-electron chi connectivity index (χ3n) is 7.00. The van der Waals surface area contributed by atoms with Crippen molar-refractivity contribution in [2.45, 2.75) is 56.6 Å². The topological polar surface area (TPSA) is 85.7 Å². The summed E-state index contributed by atoms with van der Waals surface area (Å²) in [7, 11) is 1.62. The molecule has 2 N–H and O–H groups in total. The lowest BCUT2D eigenvalue weighted by Gasteiger charge is -2.37. The van der Waals surface area contributed by atoms with Gasteiger partial charge in [-0.25, -0.2) is 4.98 Å². The molecule has 0 atom stereocenters. The number of aromatic nitrogens is 2. The number of ether oxygens (including phenoxy) is 1. The third kappa shape index (κ3) is 5.11. The molecule has 1 saturated carbocycles. The SMILES string of the molecule is COc1ccc2nccc(CCC3(O)CCC(NCC4=CC=C5OOCC=C5C4)CC3)c2n1. The molecule has 0 bridgehead atoms. The van der Waals surface area contributed by atoms with Gasteiger partial charge >= 0.3 is 0 Å². The van der Waals surface area contributed by atoms with Gasteiger partial charge in [0.2, 0.25) is 5.88 Å². The Morgan fingerprint density at radius 1 is 1.21 bits per heavy atom. The van der Waals surface area contributed by atoms with Gasteiger partial charge in [-0.15, -0.1) is 0 Å². The number of hydrogen-bond donors (Lipinski definition) is 2. The molecule has 0 spiro atoms. The lowest BCUT2D eigenvalue weighted by molar-refractivity contribution is -0.255. The molecular weight excluding hydrogens is 418 g/mol. The summed E-state index contributed by atoms with van der Waals surface area (Å²) in [5, 5.41) is 14.9. The number of hydrogen-bond acceptors (Lipinski definition) is 7. The Balaban J connectivity index is 1.13. The van der Waals surface area contributed by atoms with E-state index in [0.29, 0.717) is 18.5 Å². The minimum atomic E-state index is -0.626. The molecule has 5 rings (SSSR count). The molecule has 0 radical (unpaired) electrons. The fraction of sp³-hybridized carbons (Fsp3) is 0.462. The van der Waals surface area contributed by atoms with Crippen LogP contribution >= 0.6 is 0 Å². The van der Waals surface area contributed by atoms with E-state index in [1.54, 1.807) is 7.11 Å². The summed E-state index contributed by atoms with van der Waals surface area (Å²) >= 11 is 0. The van der Waals surface area contributed by atoms with Crippen molar-refractivity contribution < 1.29 is 19.6 Å². The fourth-order valence-corrected chi connectivity index (χ4v) is 4.93. The zero-order chi connectivity index (χ0) is 22.7. The summed E-state index contributed by atoms with van der Waals surface area (Å²) in [5.41, 5.74) is 4.75. The van der Waals surface area contributed by atoms with Crippen molar-refractivity contribution in [2.24, 2.45) is 0 Å². The molecule has 7 nitrogen and oxygen atoms in total. The van der Waals surface area contributed by atoms with Crippen molar-refractivity contribution in [3.63, 3.8) is 0 Å². The van der Waals surface area contributed by atoms with E-state index in [2.05, 4.69) is 27.4 Å². The second kappa shape index (κ2) is 9.63. The third-order valence-corrected chi connectivity index (χ3v) is 7.00. The van der Waals surface area contributed by atoms with E-state index in [9.17, 15) is 5.11 Å². The molecule has 2 aromatic rings. The molecule has 33 heavy (non-hydrogen) atoms. The summed E-state index contributed by atoms with van der Waals surface area (Å²) < 4.78 is 5.28. The summed E-state index contributed by atoms with van der Waals surface area (Å²) in [5.74, 6) is 1.41. The first-order valence-corrected chi connectivity index (χ1v) is 11.7. The molecule has 3 aliphatic rings. The standard InChI is InChI=1S/C26H31N3O4/c1-31-24-5-3-22-25(29-24)19(9-14-27-22)6-11-26(30)12-7-21(8-13-26)28-17-18-2-4-23-20(16-18)10-15-32-33-23/h2-5,9-10,14,21,28,30H,6-8,11-13,15-17H2,1H3. The van der Waals surface area contributed by atoms with Crippen LogP contribution in [0.25, 0.3) is 11.0 Å². The van der Waals surface area contributed by atoms with E-state index in [1.165, 1.54) is 11.1 Å². The van der Waals surface area contributed by atoms with Gasteiger partial charge in [-0.05, 0) is 74.8 Å². The van der Waals surface area contributed by atoms with Gasteiger partial charge in [0.05, 0.1) is 23.7 Å². The number of methoxy groups -OCH3 is 1. The summed E-state index contributed by atoms with van der Waals surface area (Å²) in [6, 6.07) is 6.19. The van der Waals surface area contributed by atoms with Crippen LogP contribution in [-0.2, 0) is 16.2 Å². The van der Waals surface area contributed by atoms with Gasteiger partial charge in [-0.2, -0.15) is 4.89 Å². The van der Waals surface area contributed by atoms with Gasteiger partial charge in [0.15, 0.2) is 5.76 Å². The summed E-state index contributed by atoms with van der Waals surface area (Å²) in [4.78, 5) is 19.2. The van der Waals surface area contributed by atoms with Crippen LogP contribution in [0, 0.1) is 0 Å². The number of aliphatic hydroxyl groups is 1. The number of pyridine rings is 2. The van der Waals surface area contributed by atoms with Crippen LogP contribution in [0.1, 0.15) is 44.1 Å². The lowest BCUT2D eigenvalue weighted by Crippen LogP contribution is -2.42. The Hall–Kier alpha value is -2.74. The molecule has 174 valence electrons. The van der Waals surface area contributed by atoms with Crippen molar-refractivity contribution in [1.29, 1.82) is 0 Å². The number of rotatable bonds is 7. The van der Waals surface area contributed by atoms with Gasteiger partial charge in [0.1, 0.15) is 6.61 Å². The molecular formula is C26H31N3O4. The van der Waals surface area contributed by atoms with Crippen LogP contribution in [0.4, 0.5) is 0 Å². The fourth-order valence-electron chi connectivity index (χ4n) is 4.93. The number of aryl methyl sites for hydroxylation is 1. The first-order chi connectivity index (χ1) is 16.1. The van der Waals surface area contributed by atoms with Crippen LogP contribution < -0.4 is 10.1 Å². The Morgan fingerprint density at radius 2 is 2.09 bits per heavy atom. The highest BCUT2D eigenvalue weighted by molar-refractivity contribution is 5.78. The van der Waals surface area contributed by atoms with Crippen LogP contribution in [-0.4, -0.2) is 47.0 Å². The van der Waals surface area contributed by atoms with Gasteiger partial charge in [0, 0.05) is 30.4 Å². The van der Waals surface area contributed by atoms with Crippen LogP contribution in [0.5, 0.6) is 5.88 Å². The largest absolute Gasteiger partial charge is 0.481 e. The predicted octanol–water partition coefficient (Wildman–Crippen LogP) is 3.94. The van der Waals surface area contributed by atoms with Gasteiger partial charge in [0.25, 0.3) is 0 Å². The van der Waals surface area contributed by atoms with Crippen molar-refractivity contribution in [3.05, 3.63) is 65.1 Å². The highest BCUT2D eigenvalue weighted by atomic mass is 17.2. The maximum atomic E-state index is 11.2. The molecule has 0 saturated heterocycles. The smallest absolute Gasteiger partial charge is 0.213 e. The summed E-state index contributed by atoms with van der Waals surface area (Å²) in [6.07, 6.45) is 14.0. The average molecular weight is 450 g/mol. The molecule has 3 heterocycles. The monoisotopic (exact) mass is 449 g/mol. The number of nitrogens with zero attached hydrogens (tertiary/aromatic N) is 2. The molecule has 0 aromatic carbocycles. The highest BCUT2D eigenvalue weighted by Crippen LogP contribution is 2.34. The Labute approximate surface area is 194 Å². The van der Waals surface area contributed by atoms with E-state index in [1.807, 2.05) is 30.5 Å². The zero-order valence-electron chi connectivity index (χ0n) is 19.0. The Morgan fingerprint density at radius 3 is 2.94 bits per heavy atom. The first-order valence-electron chi connectivity index (χ1n) is 11.7. The van der Waals surface area contributed by atoms with E-state index >= 15 is 0 Å². The van der Waals surface area contributed by atoms with E-state index < -0.39 is 5.60 Å². The normalized spacial score (nSPS) is 24.9. The van der Waals surface area contributed by atoms with Gasteiger partial charge in [-0.1, -0.05) is 11.6 Å². The van der Waals surface area contributed by atoms with Gasteiger partial charge in [-0.3, -0.25) is 4.98 Å². The maximum absolute atomic E-state index is 11.2. The van der Waals surface area contributed by atoms with Crippen LogP contribution in [0.3, 0.4) is 0 Å². The number of nitrogens with one attached hydrogen (secondary N) is 1. The Kier molecular flexibility index (Phi) is 6.44. The molecule has 2 aliphatic carbocycles. The molecule has 1 aliphatic heterocycles. The molecule has 0 amide bonds. The molecule has 7 heteroatoms. The quantitative estimate of drug-likeness (QED) is 0.620. The first kappa shape index (κ1) is 22.1. The second-order valence-electron chi connectivity index (χ2n) is 9.20. The van der Waals surface area contributed by atoms with E-state index in [-0.39, 0.29) is 0 Å². The zero-order valence-corrected chi connectivity index (χ0v) is 19.0. The molecule has 1 fully saturated rings. The Bertz CT molecular complexity index is 1100. The minimum absolute atomic E-state index is 0.434. The highest BCUT2D eigenvalue weighted by Gasteiger charge is 2.33. The van der Waals surface area contributed by atoms with Crippen molar-refractivity contribution in [3.8, 4) is 5.88 Å². The van der Waals surface area contributed by atoms with E-state index in [0.717, 1.165) is 73.8 Å². The van der Waals surface area contributed by atoms with Crippen LogP contribution in [0.15, 0.2) is 59.5 Å². The molecule has 2 aromatic heterocycles. The van der Waals surface area contributed by atoms with Gasteiger partial charge < -0.3 is 20.0 Å². The van der Waals surface area contributed by atoms with Crippen molar-refractivity contribution >= 4 is 11.0 Å². The van der Waals surface area contributed by atoms with Crippen molar-refractivity contribution in [2.75, 3.05) is 20.3 Å². The number of fused-ring (bicyclic) bond motifs is 2.